The van der Waals surface area contributed by atoms with Gasteiger partial charge in [0.1, 0.15) is 0 Å². The van der Waals surface area contributed by atoms with Gasteiger partial charge in [-0.05, 0) is 17.5 Å². The van der Waals surface area contributed by atoms with E-state index in [0.29, 0.717) is 19.6 Å². The van der Waals surface area contributed by atoms with E-state index in [2.05, 4.69) is 31.2 Å². The van der Waals surface area contributed by atoms with Crippen LogP contribution in [-0.4, -0.2) is 26.3 Å². The molecule has 0 bridgehead atoms. The number of carbonyl (C=O) groups is 1. The second-order valence-corrected chi connectivity index (χ2v) is 4.58. The maximum absolute atomic E-state index is 11.4. The van der Waals surface area contributed by atoms with Crippen LogP contribution in [0.25, 0.3) is 0 Å². The predicted molar refractivity (Wildman–Crippen MR) is 65.0 cm³/mol. The summed E-state index contributed by atoms with van der Waals surface area (Å²) >= 11 is 0. The van der Waals surface area contributed by atoms with Crippen LogP contribution in [0.2, 0.25) is 0 Å². The van der Waals surface area contributed by atoms with E-state index >= 15 is 0 Å². The van der Waals surface area contributed by atoms with Gasteiger partial charge in [-0.1, -0.05) is 31.2 Å². The van der Waals surface area contributed by atoms with Gasteiger partial charge >= 0.3 is 5.97 Å². The van der Waals surface area contributed by atoms with Crippen LogP contribution in [-0.2, 0) is 26.1 Å². The first-order chi connectivity index (χ1) is 8.20. The quantitative estimate of drug-likeness (QED) is 0.748. The molecule has 1 fully saturated rings. The van der Waals surface area contributed by atoms with Gasteiger partial charge in [0, 0.05) is 0 Å². The van der Waals surface area contributed by atoms with Gasteiger partial charge in [-0.2, -0.15) is 0 Å². The van der Waals surface area contributed by atoms with E-state index in [4.69, 9.17) is 9.47 Å². The highest BCUT2D eigenvalue weighted by atomic mass is 16.5. The maximum atomic E-state index is 11.4. The van der Waals surface area contributed by atoms with Crippen molar-refractivity contribution in [1.29, 1.82) is 0 Å². The average molecular weight is 234 g/mol. The van der Waals surface area contributed by atoms with E-state index in [1.807, 2.05) is 0 Å². The van der Waals surface area contributed by atoms with Gasteiger partial charge in [-0.25, -0.2) is 0 Å². The van der Waals surface area contributed by atoms with Gasteiger partial charge in [-0.15, -0.1) is 0 Å². The van der Waals surface area contributed by atoms with E-state index in [1.54, 1.807) is 0 Å². The lowest BCUT2D eigenvalue weighted by atomic mass is 9.75. The Morgan fingerprint density at radius 2 is 2.00 bits per heavy atom. The fourth-order valence-corrected chi connectivity index (χ4v) is 2.16. The van der Waals surface area contributed by atoms with Crippen LogP contribution < -0.4 is 0 Å². The normalized spacial score (nSPS) is 17.3. The van der Waals surface area contributed by atoms with Crippen LogP contribution in [0.5, 0.6) is 0 Å². The topological polar surface area (TPSA) is 35.5 Å². The van der Waals surface area contributed by atoms with Gasteiger partial charge in [0.05, 0.1) is 32.2 Å². The third-order valence-electron chi connectivity index (χ3n) is 3.44. The molecule has 1 aliphatic rings. The summed E-state index contributed by atoms with van der Waals surface area (Å²) in [6, 6.07) is 8.44. The Bertz CT molecular complexity index is 390. The summed E-state index contributed by atoms with van der Waals surface area (Å²) in [5.74, 6) is -0.173. The Morgan fingerprint density at radius 1 is 1.35 bits per heavy atom. The van der Waals surface area contributed by atoms with Crippen molar-refractivity contribution in [2.45, 2.75) is 25.2 Å². The number of hydrogen-bond acceptors (Lipinski definition) is 3. The molecule has 3 nitrogen and oxygen atoms in total. The zero-order valence-electron chi connectivity index (χ0n) is 10.4. The molecule has 0 atom stereocenters. The largest absolute Gasteiger partial charge is 0.469 e. The molecule has 0 N–H and O–H groups in total. The molecule has 1 aromatic rings. The van der Waals surface area contributed by atoms with E-state index in [0.717, 1.165) is 6.42 Å². The standard InChI is InChI=1S/C14H18O3/c1-3-11-4-6-12(7-5-11)14(9-17-10-14)8-13(15)16-2/h4-7H,3,8-10H2,1-2H3. The van der Waals surface area contributed by atoms with Crippen molar-refractivity contribution < 1.29 is 14.3 Å². The average Bonchev–Trinajstić information content (AvgIpc) is 2.33. The summed E-state index contributed by atoms with van der Waals surface area (Å²) < 4.78 is 10.0. The third kappa shape index (κ3) is 2.34. The lowest BCUT2D eigenvalue weighted by molar-refractivity contribution is -0.148. The molecule has 92 valence electrons. The minimum atomic E-state index is -0.173. The minimum absolute atomic E-state index is 0.167. The zero-order chi connectivity index (χ0) is 12.3. The van der Waals surface area contributed by atoms with Crippen molar-refractivity contribution in [3.05, 3.63) is 35.4 Å². The Balaban J connectivity index is 2.19. The number of rotatable bonds is 4. The van der Waals surface area contributed by atoms with Crippen LogP contribution in [0.4, 0.5) is 0 Å². The van der Waals surface area contributed by atoms with Crippen molar-refractivity contribution in [1.82, 2.24) is 0 Å². The molecule has 1 saturated heterocycles. The van der Waals surface area contributed by atoms with E-state index in [9.17, 15) is 4.79 Å². The second-order valence-electron chi connectivity index (χ2n) is 4.58. The summed E-state index contributed by atoms with van der Waals surface area (Å²) in [4.78, 5) is 11.4. The molecule has 0 unspecified atom stereocenters. The number of aryl methyl sites for hydroxylation is 1. The molecule has 1 aliphatic heterocycles. The Hall–Kier alpha value is -1.35. The van der Waals surface area contributed by atoms with Crippen LogP contribution in [0.1, 0.15) is 24.5 Å². The minimum Gasteiger partial charge on any atom is -0.469 e. The van der Waals surface area contributed by atoms with Gasteiger partial charge in [-0.3, -0.25) is 4.79 Å². The first-order valence-electron chi connectivity index (χ1n) is 5.94. The second kappa shape index (κ2) is 4.88. The Morgan fingerprint density at radius 3 is 2.41 bits per heavy atom. The molecule has 0 radical (unpaired) electrons. The number of esters is 1. The number of hydrogen-bond donors (Lipinski definition) is 0. The molecule has 3 heteroatoms. The molecule has 0 aromatic heterocycles. The van der Waals surface area contributed by atoms with Crippen molar-refractivity contribution >= 4 is 5.97 Å². The summed E-state index contributed by atoms with van der Waals surface area (Å²) in [6.45, 7) is 3.34. The van der Waals surface area contributed by atoms with E-state index in [-0.39, 0.29) is 11.4 Å². The molecule has 17 heavy (non-hydrogen) atoms. The summed E-state index contributed by atoms with van der Waals surface area (Å²) in [7, 11) is 1.43. The highest BCUT2D eigenvalue weighted by molar-refractivity contribution is 5.71. The molecule has 1 aromatic carbocycles. The van der Waals surface area contributed by atoms with Crippen molar-refractivity contribution in [3.63, 3.8) is 0 Å². The molecule has 0 spiro atoms. The monoisotopic (exact) mass is 234 g/mol. The van der Waals surface area contributed by atoms with Crippen LogP contribution in [0.3, 0.4) is 0 Å². The molecule has 2 rings (SSSR count). The highest BCUT2D eigenvalue weighted by Crippen LogP contribution is 2.36. The Kier molecular flexibility index (Phi) is 3.48. The fraction of sp³-hybridized carbons (Fsp3) is 0.500. The van der Waals surface area contributed by atoms with Crippen molar-refractivity contribution in [2.24, 2.45) is 0 Å². The van der Waals surface area contributed by atoms with Crippen molar-refractivity contribution in [2.75, 3.05) is 20.3 Å². The lowest BCUT2D eigenvalue weighted by Gasteiger charge is -2.41. The van der Waals surface area contributed by atoms with E-state index in [1.165, 1.54) is 18.2 Å². The lowest BCUT2D eigenvalue weighted by Crippen LogP contribution is -2.48. The number of benzene rings is 1. The van der Waals surface area contributed by atoms with Gasteiger partial charge in [0.15, 0.2) is 0 Å². The molecule has 0 saturated carbocycles. The third-order valence-corrected chi connectivity index (χ3v) is 3.44. The van der Waals surface area contributed by atoms with Crippen LogP contribution in [0.15, 0.2) is 24.3 Å². The first kappa shape index (κ1) is 12.1. The zero-order valence-corrected chi connectivity index (χ0v) is 10.4. The van der Waals surface area contributed by atoms with Crippen LogP contribution >= 0.6 is 0 Å². The highest BCUT2D eigenvalue weighted by Gasteiger charge is 2.42. The number of carbonyl (C=O) groups excluding carboxylic acids is 1. The van der Waals surface area contributed by atoms with Crippen molar-refractivity contribution in [3.8, 4) is 0 Å². The smallest absolute Gasteiger partial charge is 0.306 e. The number of methoxy groups -OCH3 is 1. The molecular weight excluding hydrogens is 216 g/mol. The summed E-state index contributed by atoms with van der Waals surface area (Å²) in [5.41, 5.74) is 2.31. The SMILES string of the molecule is CCc1ccc(C2(CC(=O)OC)COC2)cc1. The van der Waals surface area contributed by atoms with E-state index < -0.39 is 0 Å². The summed E-state index contributed by atoms with van der Waals surface area (Å²) in [6.07, 6.45) is 1.43. The molecule has 0 aliphatic carbocycles. The summed E-state index contributed by atoms with van der Waals surface area (Å²) in [5, 5.41) is 0. The Labute approximate surface area is 102 Å². The molecule has 1 heterocycles. The van der Waals surface area contributed by atoms with Gasteiger partial charge < -0.3 is 9.47 Å². The van der Waals surface area contributed by atoms with Gasteiger partial charge in [0.2, 0.25) is 0 Å². The molecule has 0 amide bonds. The van der Waals surface area contributed by atoms with Gasteiger partial charge in [0.25, 0.3) is 0 Å². The molecular formula is C14H18O3. The fourth-order valence-electron chi connectivity index (χ4n) is 2.16. The number of ether oxygens (including phenoxy) is 2. The predicted octanol–water partition coefficient (Wildman–Crippen LogP) is 2.08. The maximum Gasteiger partial charge on any atom is 0.306 e. The van der Waals surface area contributed by atoms with Crippen LogP contribution in [0, 0.1) is 0 Å². The first-order valence-corrected chi connectivity index (χ1v) is 5.94.